The zero-order valence-electron chi connectivity index (χ0n) is 10.9. The van der Waals surface area contributed by atoms with Crippen LogP contribution in [-0.4, -0.2) is 19.0 Å². The number of halogens is 2. The van der Waals surface area contributed by atoms with Gasteiger partial charge < -0.3 is 10.6 Å². The summed E-state index contributed by atoms with van der Waals surface area (Å²) >= 11 is 0. The predicted molar refractivity (Wildman–Crippen MR) is 68.5 cm³/mol. The fraction of sp³-hybridized carbons (Fsp3) is 0.500. The Kier molecular flexibility index (Phi) is 4.47. The Bertz CT molecular complexity index is 461. The van der Waals surface area contributed by atoms with E-state index in [-0.39, 0.29) is 18.0 Å². The lowest BCUT2D eigenvalue weighted by molar-refractivity contribution is -0.120. The van der Waals surface area contributed by atoms with E-state index < -0.39 is 17.7 Å². The number of benzene rings is 1. The van der Waals surface area contributed by atoms with Crippen molar-refractivity contribution in [3.63, 3.8) is 0 Å². The molecule has 0 aliphatic heterocycles. The van der Waals surface area contributed by atoms with E-state index in [1.807, 2.05) is 0 Å². The summed E-state index contributed by atoms with van der Waals surface area (Å²) in [6.45, 7) is 2.69. The fourth-order valence-electron chi connectivity index (χ4n) is 1.93. The number of rotatable bonds is 6. The first-order valence-corrected chi connectivity index (χ1v) is 6.51. The van der Waals surface area contributed by atoms with Crippen molar-refractivity contribution in [3.8, 4) is 0 Å². The SMILES string of the molecule is CC(NC(=O)CNCC1CC1)c1cc(F)ccc1F. The van der Waals surface area contributed by atoms with Crippen LogP contribution in [0.15, 0.2) is 18.2 Å². The van der Waals surface area contributed by atoms with Crippen LogP contribution in [-0.2, 0) is 4.79 Å². The zero-order chi connectivity index (χ0) is 13.8. The van der Waals surface area contributed by atoms with Gasteiger partial charge in [0, 0.05) is 5.56 Å². The first-order chi connectivity index (χ1) is 9.06. The topological polar surface area (TPSA) is 41.1 Å². The summed E-state index contributed by atoms with van der Waals surface area (Å²) < 4.78 is 26.6. The van der Waals surface area contributed by atoms with Gasteiger partial charge in [0.25, 0.3) is 0 Å². The highest BCUT2D eigenvalue weighted by Gasteiger charge is 2.21. The summed E-state index contributed by atoms with van der Waals surface area (Å²) in [7, 11) is 0. The molecule has 0 aromatic heterocycles. The van der Waals surface area contributed by atoms with Gasteiger partial charge in [0.2, 0.25) is 5.91 Å². The molecule has 2 rings (SSSR count). The first-order valence-electron chi connectivity index (χ1n) is 6.51. The first kappa shape index (κ1) is 13.9. The quantitative estimate of drug-likeness (QED) is 0.830. The van der Waals surface area contributed by atoms with Gasteiger partial charge in [-0.05, 0) is 50.4 Å². The lowest BCUT2D eigenvalue weighted by Gasteiger charge is -2.15. The minimum Gasteiger partial charge on any atom is -0.348 e. The van der Waals surface area contributed by atoms with Gasteiger partial charge in [-0.1, -0.05) is 0 Å². The van der Waals surface area contributed by atoms with Crippen LogP contribution in [0.5, 0.6) is 0 Å². The average Bonchev–Trinajstić information content (AvgIpc) is 3.16. The van der Waals surface area contributed by atoms with Crippen LogP contribution in [0.2, 0.25) is 0 Å². The molecule has 1 atom stereocenters. The number of carbonyl (C=O) groups is 1. The summed E-state index contributed by atoms with van der Waals surface area (Å²) in [5.41, 5.74) is 0.163. The summed E-state index contributed by atoms with van der Waals surface area (Å²) in [5.74, 6) is -0.535. The molecule has 1 aromatic carbocycles. The maximum Gasteiger partial charge on any atom is 0.234 e. The molecule has 1 unspecified atom stereocenters. The molecule has 0 bridgehead atoms. The second-order valence-electron chi connectivity index (χ2n) is 5.03. The normalized spacial score (nSPS) is 16.2. The van der Waals surface area contributed by atoms with Crippen molar-refractivity contribution in [3.05, 3.63) is 35.4 Å². The predicted octanol–water partition coefficient (Wildman–Crippen LogP) is 2.14. The van der Waals surface area contributed by atoms with Crippen LogP contribution in [0.3, 0.4) is 0 Å². The van der Waals surface area contributed by atoms with E-state index in [9.17, 15) is 13.6 Å². The molecule has 3 nitrogen and oxygen atoms in total. The van der Waals surface area contributed by atoms with Gasteiger partial charge in [-0.2, -0.15) is 0 Å². The van der Waals surface area contributed by atoms with Crippen molar-refractivity contribution >= 4 is 5.91 Å². The molecule has 2 N–H and O–H groups in total. The van der Waals surface area contributed by atoms with Gasteiger partial charge in [-0.25, -0.2) is 8.78 Å². The standard InChI is InChI=1S/C14H18F2N2O/c1-9(12-6-11(15)4-5-13(12)16)18-14(19)8-17-7-10-2-3-10/h4-6,9-10,17H,2-3,7-8H2,1H3,(H,18,19). The van der Waals surface area contributed by atoms with Crippen molar-refractivity contribution in [2.24, 2.45) is 5.92 Å². The molecule has 104 valence electrons. The van der Waals surface area contributed by atoms with Crippen LogP contribution in [0.1, 0.15) is 31.4 Å². The average molecular weight is 268 g/mol. The molecule has 0 radical (unpaired) electrons. The van der Waals surface area contributed by atoms with Gasteiger partial charge in [0.1, 0.15) is 11.6 Å². The lowest BCUT2D eigenvalue weighted by Crippen LogP contribution is -2.36. The summed E-state index contributed by atoms with van der Waals surface area (Å²) in [6, 6.07) is 2.69. The Labute approximate surface area is 111 Å². The van der Waals surface area contributed by atoms with Gasteiger partial charge in [-0.15, -0.1) is 0 Å². The zero-order valence-corrected chi connectivity index (χ0v) is 10.9. The van der Waals surface area contributed by atoms with E-state index in [1.54, 1.807) is 6.92 Å². The lowest BCUT2D eigenvalue weighted by atomic mass is 10.1. The third-order valence-electron chi connectivity index (χ3n) is 3.22. The highest BCUT2D eigenvalue weighted by molar-refractivity contribution is 5.78. The van der Waals surface area contributed by atoms with Gasteiger partial charge in [0.05, 0.1) is 12.6 Å². The fourth-order valence-corrected chi connectivity index (χ4v) is 1.93. The Balaban J connectivity index is 1.82. The van der Waals surface area contributed by atoms with Crippen LogP contribution in [0.4, 0.5) is 8.78 Å². The Morgan fingerprint density at radius 1 is 1.42 bits per heavy atom. The molecule has 0 saturated heterocycles. The Morgan fingerprint density at radius 3 is 2.84 bits per heavy atom. The van der Waals surface area contributed by atoms with Gasteiger partial charge >= 0.3 is 0 Å². The van der Waals surface area contributed by atoms with Crippen molar-refractivity contribution in [1.29, 1.82) is 0 Å². The minimum atomic E-state index is -0.550. The van der Waals surface area contributed by atoms with Crippen LogP contribution in [0, 0.1) is 17.6 Å². The molecule has 1 aliphatic rings. The van der Waals surface area contributed by atoms with E-state index in [1.165, 1.54) is 12.8 Å². The van der Waals surface area contributed by atoms with Crippen molar-refractivity contribution < 1.29 is 13.6 Å². The maximum absolute atomic E-state index is 13.5. The monoisotopic (exact) mass is 268 g/mol. The molecule has 0 heterocycles. The molecule has 1 fully saturated rings. The molecule has 1 saturated carbocycles. The second kappa shape index (κ2) is 6.10. The number of carbonyl (C=O) groups excluding carboxylic acids is 1. The smallest absolute Gasteiger partial charge is 0.234 e. The molecular weight excluding hydrogens is 250 g/mol. The van der Waals surface area contributed by atoms with Crippen molar-refractivity contribution in [2.75, 3.05) is 13.1 Å². The molecule has 1 aromatic rings. The van der Waals surface area contributed by atoms with E-state index in [4.69, 9.17) is 0 Å². The van der Waals surface area contributed by atoms with Crippen LogP contribution in [0.25, 0.3) is 0 Å². The molecule has 0 spiro atoms. The van der Waals surface area contributed by atoms with Gasteiger partial charge in [0.15, 0.2) is 0 Å². The number of amides is 1. The molecule has 5 heteroatoms. The second-order valence-corrected chi connectivity index (χ2v) is 5.03. The molecular formula is C14H18F2N2O. The number of hydrogen-bond acceptors (Lipinski definition) is 2. The van der Waals surface area contributed by atoms with Crippen LogP contribution < -0.4 is 10.6 Å². The highest BCUT2D eigenvalue weighted by atomic mass is 19.1. The number of nitrogens with one attached hydrogen (secondary N) is 2. The maximum atomic E-state index is 13.5. The third kappa shape index (κ3) is 4.28. The summed E-state index contributed by atoms with van der Waals surface area (Å²) in [4.78, 5) is 11.6. The minimum absolute atomic E-state index is 0.163. The van der Waals surface area contributed by atoms with Crippen LogP contribution >= 0.6 is 0 Å². The van der Waals surface area contributed by atoms with Gasteiger partial charge in [-0.3, -0.25) is 4.79 Å². The van der Waals surface area contributed by atoms with Crippen molar-refractivity contribution in [2.45, 2.75) is 25.8 Å². The molecule has 19 heavy (non-hydrogen) atoms. The summed E-state index contributed by atoms with van der Waals surface area (Å²) in [5, 5.41) is 5.70. The van der Waals surface area contributed by atoms with Crippen molar-refractivity contribution in [1.82, 2.24) is 10.6 Å². The third-order valence-corrected chi connectivity index (χ3v) is 3.22. The molecule has 1 aliphatic carbocycles. The largest absolute Gasteiger partial charge is 0.348 e. The molecule has 1 amide bonds. The van der Waals surface area contributed by atoms with E-state index in [2.05, 4.69) is 10.6 Å². The van der Waals surface area contributed by atoms with E-state index >= 15 is 0 Å². The summed E-state index contributed by atoms with van der Waals surface area (Å²) in [6.07, 6.45) is 2.44. The Morgan fingerprint density at radius 2 is 2.16 bits per heavy atom. The Hall–Kier alpha value is -1.49. The highest BCUT2D eigenvalue weighted by Crippen LogP contribution is 2.27. The van der Waals surface area contributed by atoms with E-state index in [0.717, 1.165) is 24.7 Å². The van der Waals surface area contributed by atoms with E-state index in [0.29, 0.717) is 5.92 Å². The number of hydrogen-bond donors (Lipinski definition) is 2.